The van der Waals surface area contributed by atoms with E-state index in [-0.39, 0.29) is 17.2 Å². The van der Waals surface area contributed by atoms with Gasteiger partial charge in [0.25, 0.3) is 0 Å². The molecule has 0 saturated heterocycles. The number of aromatic amines is 2. The quantitative estimate of drug-likeness (QED) is 0.223. The van der Waals surface area contributed by atoms with Crippen LogP contribution in [0.3, 0.4) is 0 Å². The fraction of sp³-hybridized carbons (Fsp3) is 0. The molecule has 0 amide bonds. The lowest BCUT2D eigenvalue weighted by Crippen LogP contribution is -1.97. The van der Waals surface area contributed by atoms with Crippen LogP contribution in [0.25, 0.3) is 55.3 Å². The molecule has 2 atom stereocenters. The Balaban J connectivity index is 1.27. The molecule has 0 bridgehead atoms. The molecule has 0 aliphatic rings. The van der Waals surface area contributed by atoms with Gasteiger partial charge in [0.05, 0.1) is 22.9 Å². The molecular weight excluding hydrogens is 486 g/mol. The zero-order valence-corrected chi connectivity index (χ0v) is 20.9. The van der Waals surface area contributed by atoms with Gasteiger partial charge in [-0.3, -0.25) is 9.59 Å². The monoisotopic (exact) mass is 506 g/mol. The number of nitrogens with zero attached hydrogens (tertiary/aromatic N) is 2. The molecule has 8 heteroatoms. The molecule has 6 rings (SSSR count). The lowest BCUT2D eigenvalue weighted by Gasteiger charge is -2.08. The van der Waals surface area contributed by atoms with E-state index in [1.807, 2.05) is 6.07 Å². The van der Waals surface area contributed by atoms with Crippen molar-refractivity contribution in [3.8, 4) is 33.5 Å². The minimum atomic E-state index is 0.0369. The number of benzene rings is 4. The van der Waals surface area contributed by atoms with Crippen molar-refractivity contribution in [3.63, 3.8) is 0 Å². The highest BCUT2D eigenvalue weighted by molar-refractivity contribution is 7.62. The van der Waals surface area contributed by atoms with Crippen molar-refractivity contribution in [3.05, 3.63) is 85.1 Å². The van der Waals surface area contributed by atoms with Crippen LogP contribution in [-0.4, -0.2) is 32.0 Å². The highest BCUT2D eigenvalue weighted by Crippen LogP contribution is 2.30. The number of nitrogens with one attached hydrogen (secondary N) is 2. The van der Waals surface area contributed by atoms with E-state index in [1.165, 1.54) is 10.8 Å². The Hall–Kier alpha value is -3.98. The summed E-state index contributed by atoms with van der Waals surface area (Å²) in [6.45, 7) is 0. The molecule has 0 radical (unpaired) electrons. The summed E-state index contributed by atoms with van der Waals surface area (Å²) in [5.41, 5.74) is 9.67. The van der Waals surface area contributed by atoms with Gasteiger partial charge in [0.1, 0.15) is 23.2 Å². The van der Waals surface area contributed by atoms with E-state index in [0.717, 1.165) is 56.6 Å². The molecule has 0 aliphatic carbocycles. The molecule has 2 aromatic heterocycles. The predicted molar refractivity (Wildman–Crippen MR) is 151 cm³/mol. The Kier molecular flexibility index (Phi) is 5.98. The fourth-order valence-electron chi connectivity index (χ4n) is 4.36. The van der Waals surface area contributed by atoms with E-state index in [1.54, 1.807) is 6.20 Å². The van der Waals surface area contributed by atoms with Gasteiger partial charge in [-0.2, -0.15) is 0 Å². The minimum absolute atomic E-state index is 0.0369. The number of carbonyl (C=O) groups excluding carboxylic acids is 2. The third kappa shape index (κ3) is 4.37. The number of fused-ring (bicyclic) bond motifs is 2. The maximum atomic E-state index is 10.8. The van der Waals surface area contributed by atoms with Crippen molar-refractivity contribution >= 4 is 62.2 Å². The molecule has 2 unspecified atom stereocenters. The van der Waals surface area contributed by atoms with Crippen LogP contribution < -0.4 is 11.1 Å². The number of H-pyrrole nitrogens is 2. The maximum Gasteiger partial charge on any atom is 0.146 e. The van der Waals surface area contributed by atoms with Gasteiger partial charge in [0.15, 0.2) is 0 Å². The second-order valence-corrected chi connectivity index (χ2v) is 10.3. The lowest BCUT2D eigenvalue weighted by atomic mass is 9.97. The summed E-state index contributed by atoms with van der Waals surface area (Å²) in [5.74, 6) is 0. The second-order valence-electron chi connectivity index (χ2n) is 8.34. The van der Waals surface area contributed by atoms with Crippen LogP contribution in [-0.2, 0) is 9.59 Å². The smallest absolute Gasteiger partial charge is 0.146 e. The van der Waals surface area contributed by atoms with Crippen LogP contribution in [0.5, 0.6) is 0 Å². The molecule has 0 saturated carbocycles. The predicted octanol–water partition coefficient (Wildman–Crippen LogP) is 5.43. The lowest BCUT2D eigenvalue weighted by molar-refractivity contribution is 0.569. The molecule has 174 valence electrons. The summed E-state index contributed by atoms with van der Waals surface area (Å²) in [5, 5.41) is 2.34. The summed E-state index contributed by atoms with van der Waals surface area (Å²) < 4.78 is 0. The zero-order chi connectivity index (χ0) is 24.5. The highest BCUT2D eigenvalue weighted by Gasteiger charge is 2.08. The van der Waals surface area contributed by atoms with E-state index in [4.69, 9.17) is 0 Å². The molecule has 0 aliphatic heterocycles. The minimum Gasteiger partial charge on any atom is -0.338 e. The summed E-state index contributed by atoms with van der Waals surface area (Å²) in [6, 6.07) is 29.2. The molecule has 6 aromatic rings. The fourth-order valence-corrected chi connectivity index (χ4v) is 5.32. The maximum absolute atomic E-state index is 10.8. The van der Waals surface area contributed by atoms with E-state index in [0.29, 0.717) is 11.1 Å². The normalized spacial score (nSPS) is 11.9. The van der Waals surface area contributed by atoms with E-state index >= 15 is 0 Å². The molecule has 0 spiro atoms. The average molecular weight is 506 g/mol. The number of carbonyl (C=O) groups is 2. The van der Waals surface area contributed by atoms with Gasteiger partial charge >= 0.3 is 0 Å². The third-order valence-electron chi connectivity index (χ3n) is 6.15. The van der Waals surface area contributed by atoms with Crippen LogP contribution in [0.2, 0.25) is 0 Å². The standard InChI is InChI=1S/C28H20N4O2P2/c33-15-35-27-29-14-26(32-27)18-3-1-17(2-4-18)19-5-6-21-12-22(8-7-20(21)11-19)23-9-10-24-25(13-23)31-28(30-24)36-16-34/h1-16,35-36H,(H,29,32)(H,30,31). The van der Waals surface area contributed by atoms with Crippen LogP contribution in [0.4, 0.5) is 0 Å². The van der Waals surface area contributed by atoms with Gasteiger partial charge in [0.2, 0.25) is 0 Å². The van der Waals surface area contributed by atoms with Gasteiger partial charge in [0, 0.05) is 17.2 Å². The topological polar surface area (TPSA) is 91.5 Å². The van der Waals surface area contributed by atoms with Crippen LogP contribution >= 0.6 is 17.2 Å². The number of imidazole rings is 2. The number of hydrogen-bond acceptors (Lipinski definition) is 4. The van der Waals surface area contributed by atoms with Gasteiger partial charge in [-0.1, -0.05) is 54.6 Å². The number of rotatable bonds is 7. The first-order valence-electron chi connectivity index (χ1n) is 11.3. The number of hydrogen-bond donors (Lipinski definition) is 2. The van der Waals surface area contributed by atoms with Crippen LogP contribution in [0, 0.1) is 0 Å². The third-order valence-corrected chi connectivity index (χ3v) is 7.43. The van der Waals surface area contributed by atoms with Crippen LogP contribution in [0.15, 0.2) is 85.1 Å². The first kappa shape index (κ1) is 22.5. The zero-order valence-electron chi connectivity index (χ0n) is 18.9. The van der Waals surface area contributed by atoms with Gasteiger partial charge in [-0.05, 0) is 62.9 Å². The molecule has 0 fully saturated rings. The highest BCUT2D eigenvalue weighted by atomic mass is 31.1. The van der Waals surface area contributed by atoms with Crippen molar-refractivity contribution in [1.82, 2.24) is 19.9 Å². The largest absolute Gasteiger partial charge is 0.338 e. The molecule has 2 heterocycles. The van der Waals surface area contributed by atoms with Gasteiger partial charge in [-0.25, -0.2) is 9.97 Å². The van der Waals surface area contributed by atoms with Gasteiger partial charge < -0.3 is 9.97 Å². The summed E-state index contributed by atoms with van der Waals surface area (Å²) in [4.78, 5) is 36.7. The first-order chi connectivity index (χ1) is 17.7. The van der Waals surface area contributed by atoms with Crippen molar-refractivity contribution in [2.24, 2.45) is 0 Å². The molecule has 2 N–H and O–H groups in total. The summed E-state index contributed by atoms with van der Waals surface area (Å²) in [6.07, 6.45) is 1.77. The molecule has 36 heavy (non-hydrogen) atoms. The Morgan fingerprint density at radius 1 is 0.611 bits per heavy atom. The van der Waals surface area contributed by atoms with Gasteiger partial charge in [-0.15, -0.1) is 0 Å². The van der Waals surface area contributed by atoms with Crippen molar-refractivity contribution in [1.29, 1.82) is 0 Å². The van der Waals surface area contributed by atoms with Crippen molar-refractivity contribution in [2.75, 3.05) is 0 Å². The molecule has 4 aromatic carbocycles. The SMILES string of the molecule is O=CPc1ncc(-c2ccc(-c3ccc4cc(-c5ccc6nc(PC=O)[nH]c6c5)ccc4c3)cc2)[nH]1. The van der Waals surface area contributed by atoms with Crippen LogP contribution in [0.1, 0.15) is 0 Å². The second kappa shape index (κ2) is 9.58. The van der Waals surface area contributed by atoms with E-state index in [2.05, 4.69) is 92.7 Å². The number of aromatic nitrogens is 4. The Morgan fingerprint density at radius 3 is 1.92 bits per heavy atom. The Morgan fingerprint density at radius 2 is 1.19 bits per heavy atom. The average Bonchev–Trinajstić information content (AvgIpc) is 3.55. The molecular formula is C28H20N4O2P2. The Bertz CT molecular complexity index is 1740. The van der Waals surface area contributed by atoms with E-state index in [9.17, 15) is 9.59 Å². The summed E-state index contributed by atoms with van der Waals surface area (Å²) in [7, 11) is 0.0783. The first-order valence-corrected chi connectivity index (χ1v) is 13.5. The molecule has 6 nitrogen and oxygen atoms in total. The van der Waals surface area contributed by atoms with E-state index < -0.39 is 0 Å². The van der Waals surface area contributed by atoms with Crippen molar-refractivity contribution < 1.29 is 9.59 Å². The summed E-state index contributed by atoms with van der Waals surface area (Å²) >= 11 is 0. The van der Waals surface area contributed by atoms with Crippen molar-refractivity contribution in [2.45, 2.75) is 0 Å². The Labute approximate surface area is 210 Å².